The Balaban J connectivity index is 1.18. The summed E-state index contributed by atoms with van der Waals surface area (Å²) in [4.78, 5) is 28.4. The van der Waals surface area contributed by atoms with Crippen LogP contribution in [0.5, 0.6) is 11.5 Å². The lowest BCUT2D eigenvalue weighted by Crippen LogP contribution is -2.52. The van der Waals surface area contributed by atoms with Gasteiger partial charge in [0, 0.05) is 56.7 Å². The second-order valence-electron chi connectivity index (χ2n) is 8.00. The molecule has 7 heteroatoms. The van der Waals surface area contributed by atoms with Gasteiger partial charge in [0.25, 0.3) is 5.79 Å². The highest BCUT2D eigenvalue weighted by atomic mass is 16.7. The molecule has 2 heterocycles. The van der Waals surface area contributed by atoms with Gasteiger partial charge in [-0.2, -0.15) is 0 Å². The highest BCUT2D eigenvalue weighted by molar-refractivity contribution is 5.90. The van der Waals surface area contributed by atoms with Crippen molar-refractivity contribution in [2.24, 2.45) is 5.92 Å². The Labute approximate surface area is 158 Å². The number of carbonyl (C=O) groups excluding carboxylic acids is 2. The molecule has 3 amide bonds. The van der Waals surface area contributed by atoms with Crippen LogP contribution in [0, 0.1) is 5.92 Å². The summed E-state index contributed by atoms with van der Waals surface area (Å²) in [6, 6.07) is 5.42. The van der Waals surface area contributed by atoms with Crippen molar-refractivity contribution < 1.29 is 19.1 Å². The molecule has 1 N–H and O–H groups in total. The van der Waals surface area contributed by atoms with Gasteiger partial charge >= 0.3 is 6.03 Å². The van der Waals surface area contributed by atoms with Crippen molar-refractivity contribution in [2.45, 2.75) is 44.3 Å². The molecule has 4 aliphatic rings. The summed E-state index contributed by atoms with van der Waals surface area (Å²) in [6.07, 6.45) is 6.09. The Morgan fingerprint density at radius 3 is 2.33 bits per heavy atom. The maximum absolute atomic E-state index is 12.6. The maximum Gasteiger partial charge on any atom is 0.321 e. The fourth-order valence-electron chi connectivity index (χ4n) is 4.21. The van der Waals surface area contributed by atoms with Crippen molar-refractivity contribution in [2.75, 3.05) is 31.5 Å². The van der Waals surface area contributed by atoms with Gasteiger partial charge in [0.2, 0.25) is 5.91 Å². The number of benzene rings is 1. The zero-order chi connectivity index (χ0) is 18.4. The van der Waals surface area contributed by atoms with E-state index in [4.69, 9.17) is 9.47 Å². The molecule has 1 aromatic carbocycles. The maximum atomic E-state index is 12.6. The van der Waals surface area contributed by atoms with E-state index in [9.17, 15) is 9.59 Å². The van der Waals surface area contributed by atoms with E-state index in [1.165, 1.54) is 0 Å². The van der Waals surface area contributed by atoms with Crippen molar-refractivity contribution in [1.29, 1.82) is 0 Å². The van der Waals surface area contributed by atoms with Crippen LogP contribution in [0.1, 0.15) is 38.5 Å². The molecule has 2 aliphatic heterocycles. The van der Waals surface area contributed by atoms with Crippen LogP contribution < -0.4 is 14.8 Å². The third kappa shape index (κ3) is 3.19. The van der Waals surface area contributed by atoms with Crippen LogP contribution in [-0.2, 0) is 4.79 Å². The number of carbonyl (C=O) groups is 2. The number of amides is 3. The summed E-state index contributed by atoms with van der Waals surface area (Å²) in [5, 5.41) is 2.95. The Kier molecular flexibility index (Phi) is 3.91. The minimum absolute atomic E-state index is 0.136. The lowest BCUT2D eigenvalue weighted by atomic mass is 10.2. The lowest BCUT2D eigenvalue weighted by molar-refractivity contribution is -0.133. The van der Waals surface area contributed by atoms with Gasteiger partial charge in [-0.25, -0.2) is 4.79 Å². The quantitative estimate of drug-likeness (QED) is 0.868. The van der Waals surface area contributed by atoms with Gasteiger partial charge in [0.1, 0.15) is 0 Å². The lowest BCUT2D eigenvalue weighted by Gasteiger charge is -2.34. The molecule has 3 fully saturated rings. The molecule has 2 saturated carbocycles. The van der Waals surface area contributed by atoms with Crippen LogP contribution in [-0.4, -0.2) is 53.7 Å². The zero-order valence-electron chi connectivity index (χ0n) is 15.4. The van der Waals surface area contributed by atoms with Gasteiger partial charge in [0.05, 0.1) is 0 Å². The fourth-order valence-corrected chi connectivity index (χ4v) is 4.21. The molecule has 0 aromatic heterocycles. The van der Waals surface area contributed by atoms with E-state index in [0.29, 0.717) is 37.6 Å². The molecule has 2 aliphatic carbocycles. The molecule has 0 bridgehead atoms. The van der Waals surface area contributed by atoms with Gasteiger partial charge in [-0.05, 0) is 37.8 Å². The van der Waals surface area contributed by atoms with Crippen molar-refractivity contribution in [1.82, 2.24) is 9.80 Å². The minimum atomic E-state index is -0.491. The predicted molar refractivity (Wildman–Crippen MR) is 98.8 cm³/mol. The standard InChI is InChI=1S/C20H25N3O4/c24-18(14-3-4-14)22-9-11-23(12-10-22)19(25)21-15-5-6-16-17(13-15)27-20(26-16)7-1-2-8-20/h5-6,13-14H,1-4,7-12H2,(H,21,25). The van der Waals surface area contributed by atoms with Gasteiger partial charge in [-0.3, -0.25) is 4.79 Å². The molecule has 1 saturated heterocycles. The van der Waals surface area contributed by atoms with Gasteiger partial charge in [-0.1, -0.05) is 0 Å². The van der Waals surface area contributed by atoms with Crippen molar-refractivity contribution in [3.8, 4) is 11.5 Å². The number of piperazine rings is 1. The highest BCUT2D eigenvalue weighted by Crippen LogP contribution is 2.47. The van der Waals surface area contributed by atoms with E-state index in [0.717, 1.165) is 44.3 Å². The Hall–Kier alpha value is -2.44. The van der Waals surface area contributed by atoms with Gasteiger partial charge < -0.3 is 24.6 Å². The van der Waals surface area contributed by atoms with Crippen molar-refractivity contribution in [3.63, 3.8) is 0 Å². The number of nitrogens with one attached hydrogen (secondary N) is 1. The first-order chi connectivity index (χ1) is 13.1. The number of urea groups is 1. The molecule has 144 valence electrons. The topological polar surface area (TPSA) is 71.1 Å². The largest absolute Gasteiger partial charge is 0.448 e. The Morgan fingerprint density at radius 1 is 0.963 bits per heavy atom. The molecule has 1 spiro atoms. The van der Waals surface area contributed by atoms with E-state index < -0.39 is 5.79 Å². The highest BCUT2D eigenvalue weighted by Gasteiger charge is 2.44. The monoisotopic (exact) mass is 371 g/mol. The summed E-state index contributed by atoms with van der Waals surface area (Å²) in [6.45, 7) is 2.37. The first-order valence-electron chi connectivity index (χ1n) is 9.99. The van der Waals surface area contributed by atoms with E-state index in [2.05, 4.69) is 5.32 Å². The van der Waals surface area contributed by atoms with Crippen LogP contribution >= 0.6 is 0 Å². The molecule has 27 heavy (non-hydrogen) atoms. The number of hydrogen-bond acceptors (Lipinski definition) is 4. The van der Waals surface area contributed by atoms with Crippen LogP contribution in [0.2, 0.25) is 0 Å². The number of fused-ring (bicyclic) bond motifs is 1. The predicted octanol–water partition coefficient (Wildman–Crippen LogP) is 2.81. The number of ether oxygens (including phenoxy) is 2. The molecular weight excluding hydrogens is 346 g/mol. The minimum Gasteiger partial charge on any atom is -0.448 e. The normalized spacial score (nSPS) is 23.0. The number of rotatable bonds is 2. The molecule has 0 atom stereocenters. The van der Waals surface area contributed by atoms with Crippen molar-refractivity contribution in [3.05, 3.63) is 18.2 Å². The Morgan fingerprint density at radius 2 is 1.63 bits per heavy atom. The fraction of sp³-hybridized carbons (Fsp3) is 0.600. The molecule has 0 unspecified atom stereocenters. The van der Waals surface area contributed by atoms with E-state index >= 15 is 0 Å². The summed E-state index contributed by atoms with van der Waals surface area (Å²) in [5.74, 6) is 1.46. The van der Waals surface area contributed by atoms with Crippen LogP contribution in [0.4, 0.5) is 10.5 Å². The van der Waals surface area contributed by atoms with Crippen molar-refractivity contribution >= 4 is 17.6 Å². The van der Waals surface area contributed by atoms with E-state index in [1.54, 1.807) is 4.90 Å². The molecule has 5 rings (SSSR count). The van der Waals surface area contributed by atoms with E-state index in [-0.39, 0.29) is 17.9 Å². The number of nitrogens with zero attached hydrogens (tertiary/aromatic N) is 2. The zero-order valence-corrected chi connectivity index (χ0v) is 15.4. The molecule has 1 aromatic rings. The molecule has 7 nitrogen and oxygen atoms in total. The van der Waals surface area contributed by atoms with Crippen LogP contribution in [0.15, 0.2) is 18.2 Å². The molecular formula is C20H25N3O4. The van der Waals surface area contributed by atoms with Gasteiger partial charge in [0.15, 0.2) is 11.5 Å². The average molecular weight is 371 g/mol. The van der Waals surface area contributed by atoms with E-state index in [1.807, 2.05) is 23.1 Å². The second kappa shape index (κ2) is 6.32. The summed E-state index contributed by atoms with van der Waals surface area (Å²) in [5.41, 5.74) is 0.703. The summed E-state index contributed by atoms with van der Waals surface area (Å²) in [7, 11) is 0. The van der Waals surface area contributed by atoms with Crippen LogP contribution in [0.3, 0.4) is 0 Å². The average Bonchev–Trinajstić information content (AvgIpc) is 3.34. The first-order valence-corrected chi connectivity index (χ1v) is 9.99. The summed E-state index contributed by atoms with van der Waals surface area (Å²) < 4.78 is 12.1. The van der Waals surface area contributed by atoms with Gasteiger partial charge in [-0.15, -0.1) is 0 Å². The number of anilines is 1. The SMILES string of the molecule is O=C(Nc1ccc2c(c1)OC1(CCCC1)O2)N1CCN(C(=O)C2CC2)CC1. The van der Waals surface area contributed by atoms with Crippen LogP contribution in [0.25, 0.3) is 0 Å². The second-order valence-corrected chi connectivity index (χ2v) is 8.00. The smallest absolute Gasteiger partial charge is 0.321 e. The third-order valence-corrected chi connectivity index (χ3v) is 5.96. The number of hydrogen-bond donors (Lipinski definition) is 1. The Bertz CT molecular complexity index is 762. The third-order valence-electron chi connectivity index (χ3n) is 5.96. The summed E-state index contributed by atoms with van der Waals surface area (Å²) >= 11 is 0. The molecule has 0 radical (unpaired) electrons. The first kappa shape index (κ1) is 16.7.